The molecule has 1 aliphatic rings. The molecule has 0 atom stereocenters. The number of amides is 1. The minimum Gasteiger partial charge on any atom is -0.494 e. The summed E-state index contributed by atoms with van der Waals surface area (Å²) in [6.07, 6.45) is 2.13. The first kappa shape index (κ1) is 18.5. The second-order valence-corrected chi connectivity index (χ2v) is 6.78. The predicted molar refractivity (Wildman–Crippen MR) is 104 cm³/mol. The molecule has 0 saturated carbocycles. The van der Waals surface area contributed by atoms with Crippen LogP contribution in [0.3, 0.4) is 0 Å². The van der Waals surface area contributed by atoms with Gasteiger partial charge in [0.15, 0.2) is 0 Å². The Bertz CT molecular complexity index is 694. The van der Waals surface area contributed by atoms with E-state index in [2.05, 4.69) is 36.1 Å². The van der Waals surface area contributed by atoms with E-state index in [4.69, 9.17) is 4.74 Å². The van der Waals surface area contributed by atoms with E-state index in [0.29, 0.717) is 6.61 Å². The molecule has 1 fully saturated rings. The van der Waals surface area contributed by atoms with Gasteiger partial charge in [-0.1, -0.05) is 49.7 Å². The first-order chi connectivity index (χ1) is 12.8. The molecular formula is C22H28N2O2. The van der Waals surface area contributed by atoms with Crippen LogP contribution in [0.2, 0.25) is 0 Å². The van der Waals surface area contributed by atoms with Crippen LogP contribution in [-0.2, 0) is 6.54 Å². The van der Waals surface area contributed by atoms with Crippen molar-refractivity contribution in [3.63, 3.8) is 0 Å². The molecule has 0 spiro atoms. The van der Waals surface area contributed by atoms with Crippen molar-refractivity contribution in [3.8, 4) is 5.75 Å². The van der Waals surface area contributed by atoms with E-state index in [9.17, 15) is 4.79 Å². The maximum atomic E-state index is 12.8. The van der Waals surface area contributed by atoms with Gasteiger partial charge in [0.05, 0.1) is 6.61 Å². The molecule has 4 nitrogen and oxygen atoms in total. The monoisotopic (exact) mass is 352 g/mol. The van der Waals surface area contributed by atoms with Gasteiger partial charge in [0.1, 0.15) is 5.75 Å². The molecular weight excluding hydrogens is 324 g/mol. The van der Waals surface area contributed by atoms with Crippen molar-refractivity contribution in [2.24, 2.45) is 0 Å². The molecule has 4 heteroatoms. The van der Waals surface area contributed by atoms with Crippen LogP contribution < -0.4 is 4.74 Å². The Morgan fingerprint density at radius 2 is 1.77 bits per heavy atom. The van der Waals surface area contributed by atoms with Crippen LogP contribution in [0.1, 0.15) is 35.7 Å². The van der Waals surface area contributed by atoms with E-state index < -0.39 is 0 Å². The van der Waals surface area contributed by atoms with Crippen molar-refractivity contribution in [1.82, 2.24) is 9.80 Å². The van der Waals surface area contributed by atoms with E-state index in [0.717, 1.165) is 56.9 Å². The normalized spacial score (nSPS) is 15.0. The number of ether oxygens (including phenoxy) is 1. The Hall–Kier alpha value is -2.33. The summed E-state index contributed by atoms with van der Waals surface area (Å²) >= 11 is 0. The average Bonchev–Trinajstić information content (AvgIpc) is 2.69. The highest BCUT2D eigenvalue weighted by molar-refractivity contribution is 5.94. The molecule has 1 aliphatic heterocycles. The van der Waals surface area contributed by atoms with Crippen molar-refractivity contribution >= 4 is 5.91 Å². The zero-order chi connectivity index (χ0) is 18.2. The van der Waals surface area contributed by atoms with Crippen molar-refractivity contribution in [2.75, 3.05) is 32.8 Å². The molecule has 0 aliphatic carbocycles. The number of nitrogens with zero attached hydrogens (tertiary/aromatic N) is 2. The molecule has 1 amide bonds. The van der Waals surface area contributed by atoms with Gasteiger partial charge in [-0.2, -0.15) is 0 Å². The highest BCUT2D eigenvalue weighted by Gasteiger charge is 2.22. The van der Waals surface area contributed by atoms with Crippen molar-refractivity contribution in [2.45, 2.75) is 26.3 Å². The zero-order valence-electron chi connectivity index (χ0n) is 15.6. The number of hydrogen-bond acceptors (Lipinski definition) is 3. The smallest absolute Gasteiger partial charge is 0.254 e. The first-order valence-electron chi connectivity index (χ1n) is 9.54. The molecule has 0 bridgehead atoms. The second-order valence-electron chi connectivity index (χ2n) is 6.78. The lowest BCUT2D eigenvalue weighted by atomic mass is 10.1. The molecule has 1 saturated heterocycles. The van der Waals surface area contributed by atoms with Gasteiger partial charge in [0, 0.05) is 38.3 Å². The Morgan fingerprint density at radius 3 is 2.50 bits per heavy atom. The van der Waals surface area contributed by atoms with Crippen LogP contribution in [0.25, 0.3) is 0 Å². The second kappa shape index (κ2) is 9.39. The highest BCUT2D eigenvalue weighted by atomic mass is 16.5. The Balaban J connectivity index is 1.52. The van der Waals surface area contributed by atoms with Crippen LogP contribution in [-0.4, -0.2) is 48.5 Å². The highest BCUT2D eigenvalue weighted by Crippen LogP contribution is 2.17. The van der Waals surface area contributed by atoms with Gasteiger partial charge in [-0.3, -0.25) is 9.69 Å². The van der Waals surface area contributed by atoms with Crippen LogP contribution >= 0.6 is 0 Å². The van der Waals surface area contributed by atoms with E-state index in [1.807, 2.05) is 35.2 Å². The summed E-state index contributed by atoms with van der Waals surface area (Å²) in [7, 11) is 0. The maximum absolute atomic E-state index is 12.8. The topological polar surface area (TPSA) is 32.8 Å². The lowest BCUT2D eigenvalue weighted by Crippen LogP contribution is -2.48. The van der Waals surface area contributed by atoms with Crippen LogP contribution in [0.5, 0.6) is 5.75 Å². The summed E-state index contributed by atoms with van der Waals surface area (Å²) in [5.74, 6) is 0.886. The quantitative estimate of drug-likeness (QED) is 0.710. The van der Waals surface area contributed by atoms with Gasteiger partial charge in [0.25, 0.3) is 5.91 Å². The van der Waals surface area contributed by atoms with E-state index in [1.165, 1.54) is 5.56 Å². The molecule has 0 aromatic heterocycles. The van der Waals surface area contributed by atoms with Gasteiger partial charge < -0.3 is 9.64 Å². The molecule has 2 aromatic carbocycles. The zero-order valence-corrected chi connectivity index (χ0v) is 15.6. The number of hydrogen-bond donors (Lipinski definition) is 0. The number of rotatable bonds is 7. The fraction of sp³-hybridized carbons (Fsp3) is 0.409. The first-order valence-corrected chi connectivity index (χ1v) is 9.54. The molecule has 0 unspecified atom stereocenters. The summed E-state index contributed by atoms with van der Waals surface area (Å²) < 4.78 is 5.73. The molecule has 0 N–H and O–H groups in total. The molecule has 138 valence electrons. The maximum Gasteiger partial charge on any atom is 0.254 e. The summed E-state index contributed by atoms with van der Waals surface area (Å²) in [5, 5.41) is 0. The standard InChI is InChI=1S/C22H28N2O2/c1-2-3-16-26-21-11-7-10-20(17-21)22(25)24-14-12-23(13-15-24)18-19-8-5-4-6-9-19/h4-11,17H,2-3,12-16,18H2,1H3. The summed E-state index contributed by atoms with van der Waals surface area (Å²) in [5.41, 5.74) is 2.04. The molecule has 2 aromatic rings. The fourth-order valence-corrected chi connectivity index (χ4v) is 3.19. The largest absolute Gasteiger partial charge is 0.494 e. The van der Waals surface area contributed by atoms with Crippen molar-refractivity contribution in [3.05, 3.63) is 65.7 Å². The lowest BCUT2D eigenvalue weighted by molar-refractivity contribution is 0.0628. The Kier molecular flexibility index (Phi) is 6.67. The van der Waals surface area contributed by atoms with Gasteiger partial charge in [-0.25, -0.2) is 0 Å². The average molecular weight is 352 g/mol. The fourth-order valence-electron chi connectivity index (χ4n) is 3.19. The minimum absolute atomic E-state index is 0.102. The number of piperazine rings is 1. The van der Waals surface area contributed by atoms with Gasteiger partial charge in [-0.15, -0.1) is 0 Å². The summed E-state index contributed by atoms with van der Waals surface area (Å²) in [6.45, 7) is 7.15. The summed E-state index contributed by atoms with van der Waals surface area (Å²) in [6, 6.07) is 18.1. The number of benzene rings is 2. The lowest BCUT2D eigenvalue weighted by Gasteiger charge is -2.34. The third-order valence-electron chi connectivity index (χ3n) is 4.76. The van der Waals surface area contributed by atoms with Crippen molar-refractivity contribution in [1.29, 1.82) is 0 Å². The van der Waals surface area contributed by atoms with Gasteiger partial charge >= 0.3 is 0 Å². The number of carbonyl (C=O) groups excluding carboxylic acids is 1. The summed E-state index contributed by atoms with van der Waals surface area (Å²) in [4.78, 5) is 17.2. The van der Waals surface area contributed by atoms with Crippen LogP contribution in [0, 0.1) is 0 Å². The van der Waals surface area contributed by atoms with Gasteiger partial charge in [0.2, 0.25) is 0 Å². The van der Waals surface area contributed by atoms with Crippen molar-refractivity contribution < 1.29 is 9.53 Å². The number of carbonyl (C=O) groups is 1. The molecule has 0 radical (unpaired) electrons. The van der Waals surface area contributed by atoms with E-state index >= 15 is 0 Å². The molecule has 3 rings (SSSR count). The Morgan fingerprint density at radius 1 is 1.00 bits per heavy atom. The number of unbranched alkanes of at least 4 members (excludes halogenated alkanes) is 1. The molecule has 1 heterocycles. The van der Waals surface area contributed by atoms with Gasteiger partial charge in [-0.05, 0) is 30.2 Å². The van der Waals surface area contributed by atoms with E-state index in [-0.39, 0.29) is 5.91 Å². The SMILES string of the molecule is CCCCOc1cccc(C(=O)N2CCN(Cc3ccccc3)CC2)c1. The van der Waals surface area contributed by atoms with Crippen LogP contribution in [0.4, 0.5) is 0 Å². The Labute approximate surface area is 156 Å². The van der Waals surface area contributed by atoms with Crippen LogP contribution in [0.15, 0.2) is 54.6 Å². The third-order valence-corrected chi connectivity index (χ3v) is 4.76. The van der Waals surface area contributed by atoms with E-state index in [1.54, 1.807) is 0 Å². The minimum atomic E-state index is 0.102. The third kappa shape index (κ3) is 5.09. The predicted octanol–water partition coefficient (Wildman–Crippen LogP) is 3.82. The molecule has 26 heavy (non-hydrogen) atoms.